The molecule has 0 atom stereocenters. The Morgan fingerprint density at radius 3 is 2.88 bits per heavy atom. The third-order valence-electron chi connectivity index (χ3n) is 2.33. The first-order chi connectivity index (χ1) is 7.66. The van der Waals surface area contributed by atoms with Crippen LogP contribution in [-0.4, -0.2) is 11.0 Å². The van der Waals surface area contributed by atoms with Gasteiger partial charge in [-0.25, -0.2) is 4.98 Å². The van der Waals surface area contributed by atoms with Crippen molar-refractivity contribution in [1.82, 2.24) is 10.3 Å². The summed E-state index contributed by atoms with van der Waals surface area (Å²) in [6.45, 7) is 7.33. The maximum Gasteiger partial charge on any atom is 0.124 e. The summed E-state index contributed by atoms with van der Waals surface area (Å²) in [5.41, 5.74) is 2.40. The molecule has 2 heterocycles. The monoisotopic (exact) mass is 252 g/mol. The Morgan fingerprint density at radius 1 is 1.44 bits per heavy atom. The summed E-state index contributed by atoms with van der Waals surface area (Å²) >= 11 is 3.51. The molecule has 1 N–H and O–H groups in total. The quantitative estimate of drug-likeness (QED) is 0.898. The molecule has 16 heavy (non-hydrogen) atoms. The van der Waals surface area contributed by atoms with Gasteiger partial charge < -0.3 is 5.32 Å². The highest BCUT2D eigenvalue weighted by atomic mass is 32.1. The average Bonchev–Trinajstić information content (AvgIpc) is 2.83. The van der Waals surface area contributed by atoms with Gasteiger partial charge in [0.05, 0.1) is 5.69 Å². The molecule has 86 valence electrons. The van der Waals surface area contributed by atoms with Gasteiger partial charge in [0.2, 0.25) is 0 Å². The summed E-state index contributed by atoms with van der Waals surface area (Å²) in [5.74, 6) is 0. The minimum absolute atomic E-state index is 0.520. The van der Waals surface area contributed by atoms with E-state index in [0.29, 0.717) is 6.04 Å². The Hall–Kier alpha value is -0.710. The number of nitrogens with zero attached hydrogens (tertiary/aromatic N) is 1. The van der Waals surface area contributed by atoms with Crippen molar-refractivity contribution < 1.29 is 0 Å². The fraction of sp³-hybridized carbons (Fsp3) is 0.417. The fourth-order valence-electron chi connectivity index (χ4n) is 1.40. The standard InChI is InChI=1S/C12H16N2S2/c1-8(2)13-6-11-9(3)14-12(16-11)10-4-5-15-7-10/h4-5,7-8,13H,6H2,1-3H3. The molecule has 2 aromatic rings. The molecule has 0 spiro atoms. The molecule has 0 aliphatic heterocycles. The molecule has 0 bridgehead atoms. The lowest BCUT2D eigenvalue weighted by molar-refractivity contribution is 0.591. The second kappa shape index (κ2) is 5.08. The van der Waals surface area contributed by atoms with Crippen molar-refractivity contribution in [1.29, 1.82) is 0 Å². The van der Waals surface area contributed by atoms with Gasteiger partial charge in [-0.1, -0.05) is 13.8 Å². The highest BCUT2D eigenvalue weighted by Gasteiger charge is 2.09. The number of rotatable bonds is 4. The van der Waals surface area contributed by atoms with Crippen LogP contribution in [0.15, 0.2) is 16.8 Å². The molecule has 0 saturated heterocycles. The molecule has 4 heteroatoms. The predicted molar refractivity (Wildman–Crippen MR) is 72.1 cm³/mol. The number of hydrogen-bond donors (Lipinski definition) is 1. The number of nitrogens with one attached hydrogen (secondary N) is 1. The largest absolute Gasteiger partial charge is 0.310 e. The third-order valence-corrected chi connectivity index (χ3v) is 4.22. The lowest BCUT2D eigenvalue weighted by atomic mass is 10.3. The lowest BCUT2D eigenvalue weighted by Crippen LogP contribution is -2.21. The summed E-state index contributed by atoms with van der Waals surface area (Å²) < 4.78 is 0. The minimum atomic E-state index is 0.520. The van der Waals surface area contributed by atoms with Crippen molar-refractivity contribution in [2.45, 2.75) is 33.4 Å². The summed E-state index contributed by atoms with van der Waals surface area (Å²) in [4.78, 5) is 5.96. The van der Waals surface area contributed by atoms with Crippen LogP contribution in [0.4, 0.5) is 0 Å². The molecule has 0 unspecified atom stereocenters. The third kappa shape index (κ3) is 2.70. The second-order valence-electron chi connectivity index (χ2n) is 4.08. The highest BCUT2D eigenvalue weighted by molar-refractivity contribution is 7.15. The van der Waals surface area contributed by atoms with Crippen molar-refractivity contribution in [2.75, 3.05) is 0 Å². The van der Waals surface area contributed by atoms with Crippen molar-refractivity contribution >= 4 is 22.7 Å². The molecule has 0 aliphatic rings. The zero-order valence-electron chi connectivity index (χ0n) is 9.78. The average molecular weight is 252 g/mol. The van der Waals surface area contributed by atoms with E-state index in [1.165, 1.54) is 10.4 Å². The van der Waals surface area contributed by atoms with Crippen molar-refractivity contribution in [3.8, 4) is 10.6 Å². The van der Waals surface area contributed by atoms with Gasteiger partial charge >= 0.3 is 0 Å². The molecule has 2 nitrogen and oxygen atoms in total. The second-order valence-corrected chi connectivity index (χ2v) is 5.94. The Balaban J connectivity index is 2.16. The van der Waals surface area contributed by atoms with Crippen LogP contribution >= 0.6 is 22.7 Å². The van der Waals surface area contributed by atoms with Crippen LogP contribution in [0.1, 0.15) is 24.4 Å². The first-order valence-electron chi connectivity index (χ1n) is 5.39. The fourth-order valence-corrected chi connectivity index (χ4v) is 3.12. The smallest absolute Gasteiger partial charge is 0.124 e. The molecular formula is C12H16N2S2. The maximum atomic E-state index is 4.62. The van der Waals surface area contributed by atoms with Gasteiger partial charge in [-0.2, -0.15) is 11.3 Å². The van der Waals surface area contributed by atoms with E-state index in [1.807, 2.05) is 0 Å². The van der Waals surface area contributed by atoms with Crippen molar-refractivity contribution in [3.63, 3.8) is 0 Å². The molecule has 0 radical (unpaired) electrons. The summed E-state index contributed by atoms with van der Waals surface area (Å²) in [6, 6.07) is 2.65. The van der Waals surface area contributed by atoms with Gasteiger partial charge in [0.15, 0.2) is 0 Å². The van der Waals surface area contributed by atoms with Crippen LogP contribution in [0.5, 0.6) is 0 Å². The molecule has 2 aromatic heterocycles. The van der Waals surface area contributed by atoms with E-state index in [9.17, 15) is 0 Å². The SMILES string of the molecule is Cc1nc(-c2ccsc2)sc1CNC(C)C. The van der Waals surface area contributed by atoms with E-state index in [2.05, 4.69) is 47.9 Å². The number of aromatic nitrogens is 1. The van der Waals surface area contributed by atoms with Crippen LogP contribution in [0, 0.1) is 6.92 Å². The van der Waals surface area contributed by atoms with Crippen LogP contribution < -0.4 is 5.32 Å². The van der Waals surface area contributed by atoms with Crippen LogP contribution in [0.3, 0.4) is 0 Å². The predicted octanol–water partition coefficient (Wildman–Crippen LogP) is 3.68. The van der Waals surface area contributed by atoms with Gasteiger partial charge in [-0.15, -0.1) is 11.3 Å². The molecule has 0 fully saturated rings. The van der Waals surface area contributed by atoms with Gasteiger partial charge in [0, 0.05) is 28.4 Å². The minimum Gasteiger partial charge on any atom is -0.310 e. The zero-order chi connectivity index (χ0) is 11.5. The van der Waals surface area contributed by atoms with E-state index in [1.54, 1.807) is 22.7 Å². The van der Waals surface area contributed by atoms with Gasteiger partial charge in [-0.05, 0) is 18.4 Å². The zero-order valence-corrected chi connectivity index (χ0v) is 11.4. The Kier molecular flexibility index (Phi) is 3.74. The number of thiophene rings is 1. The summed E-state index contributed by atoms with van der Waals surface area (Å²) in [6.07, 6.45) is 0. The van der Waals surface area contributed by atoms with Crippen LogP contribution in [0.25, 0.3) is 10.6 Å². The van der Waals surface area contributed by atoms with E-state index in [0.717, 1.165) is 17.2 Å². The molecule has 0 aromatic carbocycles. The Morgan fingerprint density at radius 2 is 2.25 bits per heavy atom. The van der Waals surface area contributed by atoms with Gasteiger partial charge in [0.1, 0.15) is 5.01 Å². The van der Waals surface area contributed by atoms with E-state index in [-0.39, 0.29) is 0 Å². The normalized spacial score (nSPS) is 11.2. The number of thiazole rings is 1. The van der Waals surface area contributed by atoms with Crippen LogP contribution in [-0.2, 0) is 6.54 Å². The van der Waals surface area contributed by atoms with Gasteiger partial charge in [0.25, 0.3) is 0 Å². The lowest BCUT2D eigenvalue weighted by Gasteiger charge is -2.05. The van der Waals surface area contributed by atoms with E-state index >= 15 is 0 Å². The molecule has 2 rings (SSSR count). The molecule has 0 amide bonds. The molecule has 0 aliphatic carbocycles. The Labute approximate surface area is 104 Å². The first-order valence-corrected chi connectivity index (χ1v) is 7.15. The molecular weight excluding hydrogens is 236 g/mol. The van der Waals surface area contributed by atoms with Crippen molar-refractivity contribution in [2.24, 2.45) is 0 Å². The topological polar surface area (TPSA) is 24.9 Å². The maximum absolute atomic E-state index is 4.62. The van der Waals surface area contributed by atoms with E-state index < -0.39 is 0 Å². The number of aryl methyl sites for hydroxylation is 1. The summed E-state index contributed by atoms with van der Waals surface area (Å²) in [7, 11) is 0. The first kappa shape index (κ1) is 11.8. The van der Waals surface area contributed by atoms with Crippen LogP contribution in [0.2, 0.25) is 0 Å². The Bertz CT molecular complexity index is 444. The van der Waals surface area contributed by atoms with E-state index in [4.69, 9.17) is 0 Å². The summed E-state index contributed by atoms with van der Waals surface area (Å²) in [5, 5.41) is 8.82. The molecule has 0 saturated carbocycles. The van der Waals surface area contributed by atoms with Gasteiger partial charge in [-0.3, -0.25) is 0 Å². The highest BCUT2D eigenvalue weighted by Crippen LogP contribution is 2.29. The number of hydrogen-bond acceptors (Lipinski definition) is 4. The van der Waals surface area contributed by atoms with Crippen molar-refractivity contribution in [3.05, 3.63) is 27.4 Å².